The van der Waals surface area contributed by atoms with E-state index in [1.54, 1.807) is 6.92 Å². The van der Waals surface area contributed by atoms with Crippen LogP contribution in [0.3, 0.4) is 0 Å². The SMILES string of the molecule is CCCC1CC1NS(=O)(=O)C(C)CNC1CC1. The predicted octanol–water partition coefficient (Wildman–Crippen LogP) is 1.23. The minimum absolute atomic E-state index is 0.211. The van der Waals surface area contributed by atoms with Crippen molar-refractivity contribution in [3.63, 3.8) is 0 Å². The minimum atomic E-state index is -3.13. The average molecular weight is 260 g/mol. The molecule has 17 heavy (non-hydrogen) atoms. The maximum atomic E-state index is 12.0. The first-order valence-corrected chi connectivity index (χ1v) is 8.32. The third kappa shape index (κ3) is 3.93. The number of sulfonamides is 1. The fraction of sp³-hybridized carbons (Fsp3) is 1.00. The van der Waals surface area contributed by atoms with Gasteiger partial charge < -0.3 is 5.32 Å². The Balaban J connectivity index is 1.73. The molecule has 2 aliphatic rings. The molecule has 0 amide bonds. The van der Waals surface area contributed by atoms with Gasteiger partial charge in [0.15, 0.2) is 0 Å². The lowest BCUT2D eigenvalue weighted by Crippen LogP contribution is -2.40. The van der Waals surface area contributed by atoms with E-state index in [-0.39, 0.29) is 11.3 Å². The summed E-state index contributed by atoms with van der Waals surface area (Å²) in [5.74, 6) is 0.582. The van der Waals surface area contributed by atoms with Crippen LogP contribution in [0, 0.1) is 5.92 Å². The Bertz CT molecular complexity index is 352. The molecule has 0 aromatic carbocycles. The van der Waals surface area contributed by atoms with Crippen LogP contribution in [0.25, 0.3) is 0 Å². The van der Waals surface area contributed by atoms with Crippen LogP contribution in [-0.4, -0.2) is 32.3 Å². The van der Waals surface area contributed by atoms with Crippen molar-refractivity contribution in [3.8, 4) is 0 Å². The average Bonchev–Trinajstić information content (AvgIpc) is 3.13. The summed E-state index contributed by atoms with van der Waals surface area (Å²) in [6.45, 7) is 4.51. The highest BCUT2D eigenvalue weighted by atomic mass is 32.2. The van der Waals surface area contributed by atoms with E-state index in [1.165, 1.54) is 12.8 Å². The van der Waals surface area contributed by atoms with E-state index in [1.807, 2.05) is 0 Å². The first-order chi connectivity index (χ1) is 8.03. The van der Waals surface area contributed by atoms with Gasteiger partial charge in [0, 0.05) is 18.6 Å². The molecule has 0 radical (unpaired) electrons. The monoisotopic (exact) mass is 260 g/mol. The van der Waals surface area contributed by atoms with Gasteiger partial charge in [0.2, 0.25) is 10.0 Å². The van der Waals surface area contributed by atoms with Gasteiger partial charge in [-0.25, -0.2) is 13.1 Å². The molecule has 0 spiro atoms. The molecule has 0 heterocycles. The standard InChI is InChI=1S/C12H24N2O2S/c1-3-4-10-7-12(10)14-17(15,16)9(2)8-13-11-5-6-11/h9-14H,3-8H2,1-2H3. The van der Waals surface area contributed by atoms with Crippen LogP contribution in [0.15, 0.2) is 0 Å². The van der Waals surface area contributed by atoms with E-state index in [9.17, 15) is 8.42 Å². The number of hydrogen-bond donors (Lipinski definition) is 2. The fourth-order valence-electron chi connectivity index (χ4n) is 2.14. The van der Waals surface area contributed by atoms with Crippen molar-refractivity contribution >= 4 is 10.0 Å². The topological polar surface area (TPSA) is 58.2 Å². The highest BCUT2D eigenvalue weighted by Crippen LogP contribution is 2.35. The van der Waals surface area contributed by atoms with E-state index in [4.69, 9.17) is 0 Å². The second-order valence-electron chi connectivity index (χ2n) is 5.55. The molecule has 5 heteroatoms. The van der Waals surface area contributed by atoms with Crippen LogP contribution in [0.5, 0.6) is 0 Å². The summed E-state index contributed by atoms with van der Waals surface area (Å²) < 4.78 is 26.9. The number of hydrogen-bond acceptors (Lipinski definition) is 3. The third-order valence-corrected chi connectivity index (χ3v) is 5.56. The Morgan fingerprint density at radius 1 is 1.35 bits per heavy atom. The smallest absolute Gasteiger partial charge is 0.215 e. The zero-order chi connectivity index (χ0) is 12.5. The third-order valence-electron chi connectivity index (χ3n) is 3.70. The van der Waals surface area contributed by atoms with Crippen molar-refractivity contribution in [3.05, 3.63) is 0 Å². The van der Waals surface area contributed by atoms with E-state index in [0.717, 1.165) is 19.3 Å². The second-order valence-corrected chi connectivity index (χ2v) is 7.68. The summed E-state index contributed by atoms with van der Waals surface area (Å²) >= 11 is 0. The molecule has 3 unspecified atom stereocenters. The Labute approximate surface area is 105 Å². The summed E-state index contributed by atoms with van der Waals surface area (Å²) in [4.78, 5) is 0. The molecular weight excluding hydrogens is 236 g/mol. The Morgan fingerprint density at radius 3 is 2.65 bits per heavy atom. The van der Waals surface area contributed by atoms with Gasteiger partial charge in [-0.1, -0.05) is 13.3 Å². The van der Waals surface area contributed by atoms with Crippen molar-refractivity contribution < 1.29 is 8.42 Å². The Kier molecular flexibility index (Phi) is 4.10. The van der Waals surface area contributed by atoms with Crippen LogP contribution in [0.2, 0.25) is 0 Å². The molecule has 2 rings (SSSR count). The highest BCUT2D eigenvalue weighted by Gasteiger charge is 2.40. The van der Waals surface area contributed by atoms with Gasteiger partial charge in [-0.15, -0.1) is 0 Å². The summed E-state index contributed by atoms with van der Waals surface area (Å²) in [6.07, 6.45) is 5.70. The van der Waals surface area contributed by atoms with Gasteiger partial charge in [-0.3, -0.25) is 0 Å². The van der Waals surface area contributed by atoms with Crippen LogP contribution in [0.4, 0.5) is 0 Å². The molecule has 0 saturated heterocycles. The molecule has 0 aromatic rings. The van der Waals surface area contributed by atoms with Crippen LogP contribution in [-0.2, 0) is 10.0 Å². The lowest BCUT2D eigenvalue weighted by Gasteiger charge is -2.14. The molecule has 2 N–H and O–H groups in total. The molecule has 0 aliphatic heterocycles. The van der Waals surface area contributed by atoms with Crippen molar-refractivity contribution in [1.29, 1.82) is 0 Å². The lowest BCUT2D eigenvalue weighted by molar-refractivity contribution is 0.550. The normalized spacial score (nSPS) is 30.2. The van der Waals surface area contributed by atoms with Crippen LogP contribution in [0.1, 0.15) is 46.0 Å². The molecule has 100 valence electrons. The molecule has 3 atom stereocenters. The lowest BCUT2D eigenvalue weighted by atomic mass is 10.2. The molecular formula is C12H24N2O2S. The van der Waals surface area contributed by atoms with Crippen LogP contribution >= 0.6 is 0 Å². The molecule has 2 saturated carbocycles. The molecule has 0 aromatic heterocycles. The summed E-state index contributed by atoms with van der Waals surface area (Å²) in [6, 6.07) is 0.782. The molecule has 0 bridgehead atoms. The van der Waals surface area contributed by atoms with Crippen molar-refractivity contribution in [2.24, 2.45) is 5.92 Å². The van der Waals surface area contributed by atoms with E-state index < -0.39 is 10.0 Å². The minimum Gasteiger partial charge on any atom is -0.313 e. The van der Waals surface area contributed by atoms with E-state index in [0.29, 0.717) is 18.5 Å². The Morgan fingerprint density at radius 2 is 2.06 bits per heavy atom. The first-order valence-electron chi connectivity index (χ1n) is 6.77. The fourth-order valence-corrected chi connectivity index (χ4v) is 3.40. The summed E-state index contributed by atoms with van der Waals surface area (Å²) in [7, 11) is -3.13. The second kappa shape index (κ2) is 5.24. The quantitative estimate of drug-likeness (QED) is 0.690. The molecule has 2 fully saturated rings. The maximum Gasteiger partial charge on any atom is 0.215 e. The zero-order valence-corrected chi connectivity index (χ0v) is 11.6. The van der Waals surface area contributed by atoms with Gasteiger partial charge in [0.1, 0.15) is 0 Å². The number of nitrogens with one attached hydrogen (secondary N) is 2. The van der Waals surface area contributed by atoms with Crippen molar-refractivity contribution in [1.82, 2.24) is 10.0 Å². The molecule has 4 nitrogen and oxygen atoms in total. The van der Waals surface area contributed by atoms with Gasteiger partial charge in [0.05, 0.1) is 5.25 Å². The summed E-state index contributed by atoms with van der Waals surface area (Å²) in [5.41, 5.74) is 0. The predicted molar refractivity (Wildman–Crippen MR) is 69.3 cm³/mol. The summed E-state index contributed by atoms with van der Waals surface area (Å²) in [5, 5.41) is 2.95. The number of rotatable bonds is 8. The van der Waals surface area contributed by atoms with Gasteiger partial charge >= 0.3 is 0 Å². The van der Waals surface area contributed by atoms with Crippen LogP contribution < -0.4 is 10.0 Å². The Hall–Kier alpha value is -0.130. The van der Waals surface area contributed by atoms with Crippen molar-refractivity contribution in [2.45, 2.75) is 63.3 Å². The molecule has 2 aliphatic carbocycles. The maximum absolute atomic E-state index is 12.0. The first kappa shape index (κ1) is 13.3. The van der Waals surface area contributed by atoms with Gasteiger partial charge in [0.25, 0.3) is 0 Å². The van der Waals surface area contributed by atoms with Gasteiger partial charge in [-0.05, 0) is 38.5 Å². The van der Waals surface area contributed by atoms with E-state index in [2.05, 4.69) is 17.0 Å². The largest absolute Gasteiger partial charge is 0.313 e. The van der Waals surface area contributed by atoms with E-state index >= 15 is 0 Å². The highest BCUT2D eigenvalue weighted by molar-refractivity contribution is 7.90. The van der Waals surface area contributed by atoms with Crippen molar-refractivity contribution in [2.75, 3.05) is 6.54 Å². The van der Waals surface area contributed by atoms with Gasteiger partial charge in [-0.2, -0.15) is 0 Å². The zero-order valence-electron chi connectivity index (χ0n) is 10.8.